The van der Waals surface area contributed by atoms with Crippen molar-refractivity contribution in [3.63, 3.8) is 0 Å². The van der Waals surface area contributed by atoms with E-state index in [1.165, 1.54) is 28.6 Å². The third-order valence-electron chi connectivity index (χ3n) is 6.18. The van der Waals surface area contributed by atoms with Gasteiger partial charge in [0, 0.05) is 26.2 Å². The molecule has 0 aromatic heterocycles. The third-order valence-corrected chi connectivity index (χ3v) is 9.51. The van der Waals surface area contributed by atoms with Gasteiger partial charge in [0.2, 0.25) is 20.0 Å². The van der Waals surface area contributed by atoms with Crippen LogP contribution < -0.4 is 14.8 Å². The fourth-order valence-electron chi connectivity index (χ4n) is 4.02. The normalized spacial score (nSPS) is 14.3. The van der Waals surface area contributed by atoms with Gasteiger partial charge in [-0.3, -0.25) is 4.79 Å². The summed E-state index contributed by atoms with van der Waals surface area (Å²) >= 11 is 0. The Labute approximate surface area is 223 Å². The maximum atomic E-state index is 12.6. The van der Waals surface area contributed by atoms with Crippen molar-refractivity contribution >= 4 is 26.0 Å². The van der Waals surface area contributed by atoms with Gasteiger partial charge in [-0.25, -0.2) is 21.6 Å². The fourth-order valence-corrected chi connectivity index (χ4v) is 6.56. The first kappa shape index (κ1) is 27.8. The summed E-state index contributed by atoms with van der Waals surface area (Å²) in [5.41, 5.74) is 1.76. The smallest absolute Gasteiger partial charge is 0.257 e. The van der Waals surface area contributed by atoms with E-state index in [1.807, 2.05) is 30.3 Å². The molecule has 38 heavy (non-hydrogen) atoms. The van der Waals surface area contributed by atoms with Gasteiger partial charge in [-0.05, 0) is 66.8 Å². The van der Waals surface area contributed by atoms with E-state index in [-0.39, 0.29) is 28.8 Å². The molecule has 2 N–H and O–H groups in total. The van der Waals surface area contributed by atoms with Crippen molar-refractivity contribution in [2.75, 3.05) is 26.2 Å². The largest absolute Gasteiger partial charge is 0.484 e. The molecule has 1 fully saturated rings. The van der Waals surface area contributed by atoms with Crippen LogP contribution in [0.5, 0.6) is 5.75 Å². The highest BCUT2D eigenvalue weighted by Gasteiger charge is 2.26. The fraction of sp³-hybridized carbons (Fsp3) is 0.296. The summed E-state index contributed by atoms with van der Waals surface area (Å²) in [6, 6.07) is 21.8. The molecule has 0 unspecified atom stereocenters. The molecule has 4 rings (SSSR count). The summed E-state index contributed by atoms with van der Waals surface area (Å²) in [6.07, 6.45) is 2.32. The van der Waals surface area contributed by atoms with Gasteiger partial charge in [0.1, 0.15) is 5.75 Å². The van der Waals surface area contributed by atoms with Crippen molar-refractivity contribution in [2.24, 2.45) is 0 Å². The van der Waals surface area contributed by atoms with Crippen molar-refractivity contribution in [1.29, 1.82) is 0 Å². The van der Waals surface area contributed by atoms with E-state index in [0.717, 1.165) is 24.0 Å². The molecule has 9 nitrogen and oxygen atoms in total. The van der Waals surface area contributed by atoms with Crippen LogP contribution in [-0.2, 0) is 37.8 Å². The van der Waals surface area contributed by atoms with Gasteiger partial charge in [0.25, 0.3) is 5.91 Å². The lowest BCUT2D eigenvalue weighted by atomic mass is 10.1. The number of rotatable bonds is 12. The number of amides is 1. The van der Waals surface area contributed by atoms with Crippen LogP contribution >= 0.6 is 0 Å². The Hall–Kier alpha value is -3.25. The molecule has 1 saturated heterocycles. The number of carbonyl (C=O) groups excluding carboxylic acids is 1. The first-order valence-electron chi connectivity index (χ1n) is 12.4. The summed E-state index contributed by atoms with van der Waals surface area (Å²) < 4.78 is 59.8. The Bertz CT molecular complexity index is 1420. The van der Waals surface area contributed by atoms with Gasteiger partial charge in [-0.2, -0.15) is 4.31 Å². The highest BCUT2D eigenvalue weighted by molar-refractivity contribution is 7.89. The number of nitrogens with one attached hydrogen (secondary N) is 2. The third kappa shape index (κ3) is 7.41. The minimum Gasteiger partial charge on any atom is -0.484 e. The zero-order chi connectivity index (χ0) is 27.0. The second-order valence-corrected chi connectivity index (χ2v) is 12.6. The molecule has 0 aliphatic carbocycles. The van der Waals surface area contributed by atoms with Crippen molar-refractivity contribution < 1.29 is 26.4 Å². The van der Waals surface area contributed by atoms with Crippen molar-refractivity contribution in [3.05, 3.63) is 90.0 Å². The Balaban J connectivity index is 1.19. The SMILES string of the molecule is O=C(COc1ccc(S(=O)(=O)NCc2ccccc2)cc1)NCCc1ccc(S(=O)(=O)N2CCCC2)cc1. The number of sulfonamides is 2. The van der Waals surface area contributed by atoms with Gasteiger partial charge < -0.3 is 10.1 Å². The predicted molar refractivity (Wildman–Crippen MR) is 144 cm³/mol. The van der Waals surface area contributed by atoms with E-state index in [1.54, 1.807) is 24.3 Å². The lowest BCUT2D eigenvalue weighted by molar-refractivity contribution is -0.123. The van der Waals surface area contributed by atoms with E-state index in [9.17, 15) is 21.6 Å². The number of carbonyl (C=O) groups is 1. The summed E-state index contributed by atoms with van der Waals surface area (Å²) in [5, 5.41) is 2.76. The first-order valence-corrected chi connectivity index (χ1v) is 15.3. The first-order chi connectivity index (χ1) is 18.2. The molecule has 11 heteroatoms. The highest BCUT2D eigenvalue weighted by atomic mass is 32.2. The van der Waals surface area contributed by atoms with Crippen LogP contribution in [-0.4, -0.2) is 53.3 Å². The molecule has 3 aromatic carbocycles. The molecule has 1 aliphatic heterocycles. The van der Waals surface area contributed by atoms with Gasteiger partial charge in [0.15, 0.2) is 6.61 Å². The van der Waals surface area contributed by atoms with Crippen molar-refractivity contribution in [2.45, 2.75) is 35.6 Å². The van der Waals surface area contributed by atoms with Crippen LogP contribution in [0.2, 0.25) is 0 Å². The van der Waals surface area contributed by atoms with Gasteiger partial charge in [0.05, 0.1) is 9.79 Å². The maximum absolute atomic E-state index is 12.6. The molecule has 1 aliphatic rings. The maximum Gasteiger partial charge on any atom is 0.257 e. The Morgan fingerprint density at radius 2 is 1.42 bits per heavy atom. The summed E-state index contributed by atoms with van der Waals surface area (Å²) in [5.74, 6) is 0.0522. The van der Waals surface area contributed by atoms with Crippen LogP contribution in [0.4, 0.5) is 0 Å². The molecule has 1 amide bonds. The van der Waals surface area contributed by atoms with Gasteiger partial charge >= 0.3 is 0 Å². The Kier molecular flexibility index (Phi) is 9.16. The number of benzene rings is 3. The van der Waals surface area contributed by atoms with Gasteiger partial charge in [-0.1, -0.05) is 42.5 Å². The van der Waals surface area contributed by atoms with Gasteiger partial charge in [-0.15, -0.1) is 0 Å². The van der Waals surface area contributed by atoms with E-state index in [4.69, 9.17) is 4.74 Å². The highest BCUT2D eigenvalue weighted by Crippen LogP contribution is 2.21. The lowest BCUT2D eigenvalue weighted by Gasteiger charge is -2.15. The number of nitrogens with zero attached hydrogens (tertiary/aromatic N) is 1. The molecule has 3 aromatic rings. The van der Waals surface area contributed by atoms with E-state index < -0.39 is 20.0 Å². The molecule has 0 bridgehead atoms. The zero-order valence-electron chi connectivity index (χ0n) is 20.9. The van der Waals surface area contributed by atoms with Crippen LogP contribution in [0.1, 0.15) is 24.0 Å². The molecule has 0 atom stereocenters. The molecule has 0 spiro atoms. The minimum atomic E-state index is -3.68. The quantitative estimate of drug-likeness (QED) is 0.353. The van der Waals surface area contributed by atoms with Crippen molar-refractivity contribution in [3.8, 4) is 5.75 Å². The van der Waals surface area contributed by atoms with Crippen molar-refractivity contribution in [1.82, 2.24) is 14.3 Å². The van der Waals surface area contributed by atoms with E-state index >= 15 is 0 Å². The van der Waals surface area contributed by atoms with Crippen LogP contribution in [0, 0.1) is 0 Å². The van der Waals surface area contributed by atoms with Crippen LogP contribution in [0.25, 0.3) is 0 Å². The second kappa shape index (κ2) is 12.5. The average Bonchev–Trinajstić information content (AvgIpc) is 3.48. The zero-order valence-corrected chi connectivity index (χ0v) is 22.5. The summed E-state index contributed by atoms with van der Waals surface area (Å²) in [7, 11) is -7.12. The summed E-state index contributed by atoms with van der Waals surface area (Å²) in [6.45, 7) is 1.46. The Morgan fingerprint density at radius 3 is 2.08 bits per heavy atom. The molecule has 0 saturated carbocycles. The topological polar surface area (TPSA) is 122 Å². The lowest BCUT2D eigenvalue weighted by Crippen LogP contribution is -2.30. The number of hydrogen-bond acceptors (Lipinski definition) is 6. The Morgan fingerprint density at radius 1 is 0.789 bits per heavy atom. The monoisotopic (exact) mass is 557 g/mol. The molecular weight excluding hydrogens is 526 g/mol. The molecule has 0 radical (unpaired) electrons. The minimum absolute atomic E-state index is 0.101. The standard InChI is InChI=1S/C27H31N3O6S2/c31-27(28-17-16-22-8-12-26(13-9-22)38(34,35)30-18-4-5-19-30)21-36-24-10-14-25(15-11-24)37(32,33)29-20-23-6-2-1-3-7-23/h1-3,6-15,29H,4-5,16-21H2,(H,28,31). The van der Waals surface area contributed by atoms with E-state index in [0.29, 0.717) is 31.8 Å². The second-order valence-electron chi connectivity index (χ2n) is 8.93. The molecule has 202 valence electrons. The summed E-state index contributed by atoms with van der Waals surface area (Å²) in [4.78, 5) is 12.5. The van der Waals surface area contributed by atoms with Crippen LogP contribution in [0.15, 0.2) is 88.7 Å². The average molecular weight is 558 g/mol. The van der Waals surface area contributed by atoms with Crippen LogP contribution in [0.3, 0.4) is 0 Å². The van der Waals surface area contributed by atoms with E-state index in [2.05, 4.69) is 10.0 Å². The number of hydrogen-bond donors (Lipinski definition) is 2. The molecule has 1 heterocycles. The molecular formula is C27H31N3O6S2. The number of ether oxygens (including phenoxy) is 1. The predicted octanol–water partition coefficient (Wildman–Crippen LogP) is 2.69.